The van der Waals surface area contributed by atoms with Crippen molar-refractivity contribution >= 4 is 11.6 Å². The lowest BCUT2D eigenvalue weighted by Gasteiger charge is -2.59. The van der Waals surface area contributed by atoms with Gasteiger partial charge in [-0.3, -0.25) is 9.59 Å². The van der Waals surface area contributed by atoms with Crippen molar-refractivity contribution in [2.75, 3.05) is 6.61 Å². The Labute approximate surface area is 142 Å². The maximum absolute atomic E-state index is 12.5. The molecule has 0 radical (unpaired) electrons. The van der Waals surface area contributed by atoms with Gasteiger partial charge in [0.15, 0.2) is 5.78 Å². The van der Waals surface area contributed by atoms with Crippen LogP contribution in [0.5, 0.6) is 0 Å². The number of rotatable bonds is 1. The highest BCUT2D eigenvalue weighted by molar-refractivity contribution is 6.01. The van der Waals surface area contributed by atoms with Crippen molar-refractivity contribution in [1.29, 1.82) is 0 Å². The zero-order valence-electron chi connectivity index (χ0n) is 14.4. The van der Waals surface area contributed by atoms with Crippen LogP contribution >= 0.6 is 0 Å². The Bertz CT molecular complexity index is 677. The van der Waals surface area contributed by atoms with Crippen LogP contribution in [0.3, 0.4) is 0 Å². The van der Waals surface area contributed by atoms with Crippen molar-refractivity contribution in [3.05, 3.63) is 23.8 Å². The Hall–Kier alpha value is -1.26. The molecule has 1 unspecified atom stereocenters. The summed E-state index contributed by atoms with van der Waals surface area (Å²) in [5, 5.41) is 21.1. The molecule has 0 amide bonds. The number of hydrogen-bond acceptors (Lipinski definition) is 4. The van der Waals surface area contributed by atoms with E-state index in [1.54, 1.807) is 6.08 Å². The van der Waals surface area contributed by atoms with Gasteiger partial charge in [-0.15, -0.1) is 0 Å². The largest absolute Gasteiger partial charge is 0.393 e. The molecule has 3 fully saturated rings. The monoisotopic (exact) mass is 330 g/mol. The van der Waals surface area contributed by atoms with Crippen molar-refractivity contribution in [1.82, 2.24) is 0 Å². The second-order valence-electron chi connectivity index (χ2n) is 8.77. The van der Waals surface area contributed by atoms with E-state index in [0.717, 1.165) is 19.3 Å². The zero-order chi connectivity index (χ0) is 17.3. The average molecular weight is 330 g/mol. The molecule has 6 atom stereocenters. The zero-order valence-corrected chi connectivity index (χ0v) is 14.4. The number of hydrogen-bond donors (Lipinski definition) is 2. The first-order valence-electron chi connectivity index (χ1n) is 9.07. The fraction of sp³-hybridized carbons (Fsp3) is 0.700. The molecule has 4 aliphatic rings. The first-order valence-corrected chi connectivity index (χ1v) is 9.07. The van der Waals surface area contributed by atoms with Gasteiger partial charge in [0.2, 0.25) is 0 Å². The van der Waals surface area contributed by atoms with Crippen molar-refractivity contribution < 1.29 is 19.8 Å². The molecule has 0 aliphatic heterocycles. The summed E-state index contributed by atoms with van der Waals surface area (Å²) in [6.07, 6.45) is 8.84. The van der Waals surface area contributed by atoms with E-state index in [-0.39, 0.29) is 29.6 Å². The molecule has 0 aromatic heterocycles. The summed E-state index contributed by atoms with van der Waals surface area (Å²) in [7, 11) is 0. The predicted octanol–water partition coefficient (Wildman–Crippen LogP) is 2.20. The summed E-state index contributed by atoms with van der Waals surface area (Å²) in [6, 6.07) is 0. The second kappa shape index (κ2) is 4.89. The van der Waals surface area contributed by atoms with Gasteiger partial charge in [0.1, 0.15) is 11.4 Å². The summed E-state index contributed by atoms with van der Waals surface area (Å²) in [4.78, 5) is 24.4. The highest BCUT2D eigenvalue weighted by Crippen LogP contribution is 2.65. The number of carbonyl (C=O) groups excluding carboxylic acids is 2. The van der Waals surface area contributed by atoms with Crippen molar-refractivity contribution in [2.45, 2.75) is 51.6 Å². The third-order valence-corrected chi connectivity index (χ3v) is 7.71. The van der Waals surface area contributed by atoms with Crippen molar-refractivity contribution in [3.8, 4) is 0 Å². The number of ketones is 2. The SMILES string of the molecule is C[C@]12C=CC(=O)C=C1C(O)(CO)C[C@@H]1[C@@H]2CC[C@]2(C)C(=O)CC[C@@H]12. The minimum Gasteiger partial charge on any atom is -0.393 e. The van der Waals surface area contributed by atoms with Gasteiger partial charge in [0, 0.05) is 17.3 Å². The highest BCUT2D eigenvalue weighted by Gasteiger charge is 2.62. The number of aliphatic hydroxyl groups is 2. The van der Waals surface area contributed by atoms with Crippen LogP contribution in [-0.2, 0) is 9.59 Å². The van der Waals surface area contributed by atoms with Crippen LogP contribution in [0.15, 0.2) is 23.8 Å². The van der Waals surface area contributed by atoms with E-state index in [9.17, 15) is 19.8 Å². The second-order valence-corrected chi connectivity index (χ2v) is 8.77. The van der Waals surface area contributed by atoms with Crippen LogP contribution < -0.4 is 0 Å². The fourth-order valence-corrected chi connectivity index (χ4v) is 6.39. The molecule has 0 heterocycles. The number of carbonyl (C=O) groups is 2. The first-order chi connectivity index (χ1) is 11.2. The summed E-state index contributed by atoms with van der Waals surface area (Å²) >= 11 is 0. The Morgan fingerprint density at radius 3 is 2.67 bits per heavy atom. The first kappa shape index (κ1) is 16.2. The topological polar surface area (TPSA) is 74.6 Å². The normalized spacial score (nSPS) is 50.2. The molecule has 0 saturated heterocycles. The van der Waals surface area contributed by atoms with Gasteiger partial charge in [0.25, 0.3) is 0 Å². The maximum atomic E-state index is 12.5. The minimum absolute atomic E-state index is 0.121. The van der Waals surface area contributed by atoms with Crippen molar-refractivity contribution in [2.24, 2.45) is 28.6 Å². The molecule has 4 heteroatoms. The molecule has 4 aliphatic carbocycles. The van der Waals surface area contributed by atoms with Gasteiger partial charge in [0.05, 0.1) is 6.61 Å². The third kappa shape index (κ3) is 1.87. The number of allylic oxidation sites excluding steroid dienone is 3. The molecular formula is C20H26O4. The van der Waals surface area contributed by atoms with E-state index in [2.05, 4.69) is 13.8 Å². The van der Waals surface area contributed by atoms with E-state index in [1.807, 2.05) is 6.08 Å². The van der Waals surface area contributed by atoms with Gasteiger partial charge in [-0.25, -0.2) is 0 Å². The molecule has 4 rings (SSSR count). The lowest BCUT2D eigenvalue weighted by Crippen LogP contribution is -2.58. The lowest BCUT2D eigenvalue weighted by atomic mass is 9.46. The molecule has 130 valence electrons. The molecule has 0 aromatic carbocycles. The standard InChI is InChI=1S/C20H26O4/c1-18-7-5-12(22)9-16(18)20(24,11-21)10-13-14-3-4-17(23)19(14,2)8-6-15(13)18/h5,7,9,13-15,21,24H,3-4,6,8,10-11H2,1-2H3/t13-,14-,15-,18+,19-,20?/m0/s1. The van der Waals surface area contributed by atoms with Crippen LogP contribution in [0.4, 0.5) is 0 Å². The summed E-state index contributed by atoms with van der Waals surface area (Å²) in [5.41, 5.74) is -1.38. The number of aliphatic hydroxyl groups excluding tert-OH is 1. The molecule has 3 saturated carbocycles. The molecule has 4 nitrogen and oxygen atoms in total. The van der Waals surface area contributed by atoms with Crippen molar-refractivity contribution in [3.63, 3.8) is 0 Å². The molecule has 0 spiro atoms. The van der Waals surface area contributed by atoms with Gasteiger partial charge in [-0.05, 0) is 61.2 Å². The van der Waals surface area contributed by atoms with Gasteiger partial charge in [-0.2, -0.15) is 0 Å². The van der Waals surface area contributed by atoms with Gasteiger partial charge in [-0.1, -0.05) is 19.9 Å². The smallest absolute Gasteiger partial charge is 0.178 e. The van der Waals surface area contributed by atoms with E-state index in [0.29, 0.717) is 30.1 Å². The minimum atomic E-state index is -1.36. The van der Waals surface area contributed by atoms with Crippen LogP contribution in [0.2, 0.25) is 0 Å². The van der Waals surface area contributed by atoms with E-state index in [1.165, 1.54) is 6.08 Å². The average Bonchev–Trinajstić information content (AvgIpc) is 2.85. The Balaban J connectivity index is 1.82. The number of fused-ring (bicyclic) bond motifs is 5. The summed E-state index contributed by atoms with van der Waals surface area (Å²) < 4.78 is 0. The van der Waals surface area contributed by atoms with E-state index in [4.69, 9.17) is 0 Å². The van der Waals surface area contributed by atoms with Crippen LogP contribution in [0, 0.1) is 28.6 Å². The summed E-state index contributed by atoms with van der Waals surface area (Å²) in [6.45, 7) is 3.80. The summed E-state index contributed by atoms with van der Waals surface area (Å²) in [5.74, 6) is 1.02. The predicted molar refractivity (Wildman–Crippen MR) is 89.0 cm³/mol. The van der Waals surface area contributed by atoms with Crippen LogP contribution in [0.25, 0.3) is 0 Å². The Kier molecular flexibility index (Phi) is 3.30. The molecule has 0 bridgehead atoms. The van der Waals surface area contributed by atoms with Gasteiger partial charge >= 0.3 is 0 Å². The van der Waals surface area contributed by atoms with Crippen LogP contribution in [-0.4, -0.2) is 34.0 Å². The number of Topliss-reactive ketones (excluding diaryl/α,β-unsaturated/α-hetero) is 1. The maximum Gasteiger partial charge on any atom is 0.178 e. The highest BCUT2D eigenvalue weighted by atomic mass is 16.3. The molecule has 2 N–H and O–H groups in total. The van der Waals surface area contributed by atoms with Crippen LogP contribution in [0.1, 0.15) is 46.0 Å². The molecule has 24 heavy (non-hydrogen) atoms. The Morgan fingerprint density at radius 1 is 1.21 bits per heavy atom. The fourth-order valence-electron chi connectivity index (χ4n) is 6.39. The quantitative estimate of drug-likeness (QED) is 0.773. The van der Waals surface area contributed by atoms with Gasteiger partial charge < -0.3 is 10.2 Å². The molecule has 0 aromatic rings. The van der Waals surface area contributed by atoms with E-state index < -0.39 is 11.0 Å². The van der Waals surface area contributed by atoms with E-state index >= 15 is 0 Å². The third-order valence-electron chi connectivity index (χ3n) is 7.71. The lowest BCUT2D eigenvalue weighted by molar-refractivity contribution is -0.138. The molecular weight excluding hydrogens is 304 g/mol. The Morgan fingerprint density at radius 2 is 1.96 bits per heavy atom.